The molecule has 0 unspecified atom stereocenters. The lowest BCUT2D eigenvalue weighted by Crippen LogP contribution is -2.15. The van der Waals surface area contributed by atoms with E-state index in [1.54, 1.807) is 6.07 Å². The Balaban J connectivity index is 1.70. The van der Waals surface area contributed by atoms with Gasteiger partial charge in [-0.1, -0.05) is 71.3 Å². The highest BCUT2D eigenvalue weighted by atomic mass is 16.5. The van der Waals surface area contributed by atoms with Gasteiger partial charge >= 0.3 is 11.9 Å². The van der Waals surface area contributed by atoms with Crippen molar-refractivity contribution in [1.29, 1.82) is 0 Å². The Labute approximate surface area is 262 Å². The third kappa shape index (κ3) is 10.4. The molecule has 0 fully saturated rings. The van der Waals surface area contributed by atoms with Gasteiger partial charge in [0.1, 0.15) is 12.2 Å². The summed E-state index contributed by atoms with van der Waals surface area (Å²) < 4.78 is 22.2. The van der Waals surface area contributed by atoms with Crippen LogP contribution < -0.4 is 9.47 Å². The molecule has 6 nitrogen and oxygen atoms in total. The normalized spacial score (nSPS) is 11.7. The van der Waals surface area contributed by atoms with E-state index in [2.05, 4.69) is 70.2 Å². The molecular weight excluding hydrogens is 552 g/mol. The van der Waals surface area contributed by atoms with Crippen molar-refractivity contribution >= 4 is 22.7 Å². The molecule has 6 heteroatoms. The molecular formula is C38H46O6. The van der Waals surface area contributed by atoms with Gasteiger partial charge in [0, 0.05) is 0 Å². The first-order valence-corrected chi connectivity index (χ1v) is 15.2. The van der Waals surface area contributed by atoms with Gasteiger partial charge in [-0.15, -0.1) is 0 Å². The third-order valence-corrected chi connectivity index (χ3v) is 7.38. The fourth-order valence-corrected chi connectivity index (χ4v) is 4.86. The quantitative estimate of drug-likeness (QED) is 0.0930. The number of ether oxygens (including phenoxy) is 4. The third-order valence-electron chi connectivity index (χ3n) is 7.38. The fourth-order valence-electron chi connectivity index (χ4n) is 4.86. The zero-order valence-electron chi connectivity index (χ0n) is 27.0. The molecule has 0 saturated carbocycles. The summed E-state index contributed by atoms with van der Waals surface area (Å²) in [4.78, 5) is 25.4. The number of benzene rings is 3. The maximum atomic E-state index is 12.9. The van der Waals surface area contributed by atoms with Gasteiger partial charge in [0.2, 0.25) is 0 Å². The van der Waals surface area contributed by atoms with Gasteiger partial charge in [-0.2, -0.15) is 0 Å². The van der Waals surface area contributed by atoms with E-state index in [1.165, 1.54) is 53.3 Å². The average molecular weight is 599 g/mol. The van der Waals surface area contributed by atoms with Gasteiger partial charge in [0.15, 0.2) is 11.5 Å². The number of hydrogen-bond donors (Lipinski definition) is 0. The topological polar surface area (TPSA) is 71.1 Å². The molecule has 0 heterocycles. The lowest BCUT2D eigenvalue weighted by molar-refractivity contribution is 0.0550. The van der Waals surface area contributed by atoms with E-state index < -0.39 is 11.9 Å². The number of allylic oxidation sites excluding steroid dienone is 5. The van der Waals surface area contributed by atoms with Crippen LogP contribution in [0.15, 0.2) is 89.5 Å². The highest BCUT2D eigenvalue weighted by Gasteiger charge is 2.27. The summed E-state index contributed by atoms with van der Waals surface area (Å²) in [5, 5.41) is 2.41. The largest absolute Gasteiger partial charge is 0.490 e. The van der Waals surface area contributed by atoms with Crippen molar-refractivity contribution < 1.29 is 28.5 Å². The lowest BCUT2D eigenvalue weighted by atomic mass is 10.0. The lowest BCUT2D eigenvalue weighted by Gasteiger charge is -2.17. The van der Waals surface area contributed by atoms with E-state index in [1.807, 2.05) is 18.2 Å². The number of fused-ring (bicyclic) bond motifs is 1. The monoisotopic (exact) mass is 598 g/mol. The molecule has 44 heavy (non-hydrogen) atoms. The molecule has 0 aromatic heterocycles. The second-order valence-corrected chi connectivity index (χ2v) is 11.2. The molecule has 0 bridgehead atoms. The summed E-state index contributed by atoms with van der Waals surface area (Å²) in [5.74, 6) is -0.810. The second kappa shape index (κ2) is 17.7. The summed E-state index contributed by atoms with van der Waals surface area (Å²) in [6.45, 7) is 9.08. The zero-order chi connectivity index (χ0) is 31.9. The maximum absolute atomic E-state index is 12.9. The number of methoxy groups -OCH3 is 2. The van der Waals surface area contributed by atoms with Gasteiger partial charge in [-0.25, -0.2) is 9.59 Å². The first kappa shape index (κ1) is 34.2. The smallest absolute Gasteiger partial charge is 0.342 e. The first-order valence-electron chi connectivity index (χ1n) is 15.2. The summed E-state index contributed by atoms with van der Waals surface area (Å²) in [5.41, 5.74) is 5.17. The van der Waals surface area contributed by atoms with E-state index >= 15 is 0 Å². The van der Waals surface area contributed by atoms with E-state index in [0.717, 1.165) is 38.5 Å². The van der Waals surface area contributed by atoms with Crippen molar-refractivity contribution in [2.24, 2.45) is 0 Å². The minimum atomic E-state index is -0.698. The summed E-state index contributed by atoms with van der Waals surface area (Å²) >= 11 is 0. The van der Waals surface area contributed by atoms with Crippen LogP contribution in [0.25, 0.3) is 10.8 Å². The second-order valence-electron chi connectivity index (χ2n) is 11.2. The van der Waals surface area contributed by atoms with Crippen LogP contribution in [0, 0.1) is 0 Å². The summed E-state index contributed by atoms with van der Waals surface area (Å²) in [6, 6.07) is 17.9. The Morgan fingerprint density at radius 3 is 2.11 bits per heavy atom. The van der Waals surface area contributed by atoms with Crippen LogP contribution in [0.5, 0.6) is 11.5 Å². The highest BCUT2D eigenvalue weighted by Crippen LogP contribution is 2.35. The van der Waals surface area contributed by atoms with Gasteiger partial charge in [0.05, 0.1) is 26.4 Å². The first-order chi connectivity index (χ1) is 21.2. The number of carbonyl (C=O) groups excluding carboxylic acids is 2. The van der Waals surface area contributed by atoms with Crippen LogP contribution >= 0.6 is 0 Å². The Morgan fingerprint density at radius 1 is 0.727 bits per heavy atom. The number of esters is 2. The average Bonchev–Trinajstić information content (AvgIpc) is 3.02. The predicted molar refractivity (Wildman–Crippen MR) is 178 cm³/mol. The summed E-state index contributed by atoms with van der Waals surface area (Å²) in [7, 11) is 2.54. The molecule has 0 amide bonds. The Morgan fingerprint density at radius 2 is 1.41 bits per heavy atom. The molecule has 0 N–H and O–H groups in total. The molecule has 0 aliphatic carbocycles. The van der Waals surface area contributed by atoms with Crippen LogP contribution in [0.1, 0.15) is 86.1 Å². The van der Waals surface area contributed by atoms with Crippen molar-refractivity contribution in [1.82, 2.24) is 0 Å². The molecule has 0 radical (unpaired) electrons. The molecule has 0 aliphatic heterocycles. The Bertz CT molecular complexity index is 1510. The highest BCUT2D eigenvalue weighted by molar-refractivity contribution is 6.05. The molecule has 0 saturated heterocycles. The van der Waals surface area contributed by atoms with Gasteiger partial charge in [0.25, 0.3) is 0 Å². The van der Waals surface area contributed by atoms with E-state index in [-0.39, 0.29) is 23.5 Å². The molecule has 3 rings (SSSR count). The molecule has 3 aromatic carbocycles. The minimum absolute atomic E-state index is 0.00708. The van der Waals surface area contributed by atoms with Crippen molar-refractivity contribution in [3.8, 4) is 11.5 Å². The SMILES string of the molecule is COC(=O)c1ccc(OCCCc2ccc3ccccc3c2)c(OCC=C(C)CCC=C(C)CCC=C(C)C)c1C(=O)OC. The van der Waals surface area contributed by atoms with Crippen LogP contribution in [-0.4, -0.2) is 39.4 Å². The van der Waals surface area contributed by atoms with Crippen molar-refractivity contribution in [2.75, 3.05) is 27.4 Å². The molecule has 0 spiro atoms. The van der Waals surface area contributed by atoms with Crippen LogP contribution in [0.4, 0.5) is 0 Å². The standard InChI is InChI=1S/C38H46O6/c1-27(2)12-9-13-28(3)14-10-15-29(4)23-25-44-36-34(22-21-33(37(39)41-5)35(36)38(40)42-6)43-24-11-16-30-19-20-31-17-7-8-18-32(31)26-30/h7-8,12,14,17-23,26H,9-11,13,15-16,24-25H2,1-6H3. The molecule has 234 valence electrons. The van der Waals surface area contributed by atoms with Crippen molar-refractivity contribution in [3.63, 3.8) is 0 Å². The van der Waals surface area contributed by atoms with E-state index in [9.17, 15) is 9.59 Å². The minimum Gasteiger partial charge on any atom is -0.490 e. The van der Waals surface area contributed by atoms with Crippen LogP contribution in [-0.2, 0) is 15.9 Å². The number of aryl methyl sites for hydroxylation is 1. The van der Waals surface area contributed by atoms with Crippen LogP contribution in [0.2, 0.25) is 0 Å². The van der Waals surface area contributed by atoms with Gasteiger partial charge < -0.3 is 18.9 Å². The molecule has 0 aliphatic rings. The van der Waals surface area contributed by atoms with E-state index in [4.69, 9.17) is 18.9 Å². The Hall–Kier alpha value is -4.32. The number of hydrogen-bond acceptors (Lipinski definition) is 6. The van der Waals surface area contributed by atoms with Crippen molar-refractivity contribution in [3.05, 3.63) is 106 Å². The van der Waals surface area contributed by atoms with E-state index in [0.29, 0.717) is 12.4 Å². The maximum Gasteiger partial charge on any atom is 0.342 e. The van der Waals surface area contributed by atoms with Gasteiger partial charge in [-0.05, 0) is 101 Å². The zero-order valence-corrected chi connectivity index (χ0v) is 27.0. The van der Waals surface area contributed by atoms with Gasteiger partial charge in [-0.3, -0.25) is 0 Å². The van der Waals surface area contributed by atoms with Crippen molar-refractivity contribution in [2.45, 2.75) is 66.2 Å². The molecule has 0 atom stereocenters. The number of rotatable bonds is 16. The molecule has 3 aromatic rings. The number of carbonyl (C=O) groups is 2. The van der Waals surface area contributed by atoms with Crippen LogP contribution in [0.3, 0.4) is 0 Å². The predicted octanol–water partition coefficient (Wildman–Crippen LogP) is 9.22. The Kier molecular flexibility index (Phi) is 13.8. The summed E-state index contributed by atoms with van der Waals surface area (Å²) in [6.07, 6.45) is 12.1. The fraction of sp³-hybridized carbons (Fsp3) is 0.368.